The van der Waals surface area contributed by atoms with Crippen molar-refractivity contribution >= 4 is 17.4 Å². The Kier molecular flexibility index (Phi) is 5.88. The summed E-state index contributed by atoms with van der Waals surface area (Å²) in [4.78, 5) is 35.0. The lowest BCUT2D eigenvalue weighted by atomic mass is 9.98. The van der Waals surface area contributed by atoms with Crippen molar-refractivity contribution in [1.29, 1.82) is 0 Å². The SMILES string of the molecule is CC(C)Oc1ccc(C2=C(N3CCc4ccccc4C3)C(=O)N(Cc3ccccn3)C2=O)cc1. The van der Waals surface area contributed by atoms with Crippen LogP contribution in [0.4, 0.5) is 0 Å². The normalized spacial score (nSPS) is 15.9. The highest BCUT2D eigenvalue weighted by Gasteiger charge is 2.42. The van der Waals surface area contributed by atoms with E-state index in [0.717, 1.165) is 12.2 Å². The van der Waals surface area contributed by atoms with Gasteiger partial charge < -0.3 is 9.64 Å². The average Bonchev–Trinajstić information content (AvgIpc) is 3.09. The third kappa shape index (κ3) is 4.19. The lowest BCUT2D eigenvalue weighted by molar-refractivity contribution is -0.138. The van der Waals surface area contributed by atoms with Crippen LogP contribution in [0.1, 0.15) is 36.2 Å². The summed E-state index contributed by atoms with van der Waals surface area (Å²) in [7, 11) is 0. The summed E-state index contributed by atoms with van der Waals surface area (Å²) < 4.78 is 5.77. The number of nitrogens with zero attached hydrogens (tertiary/aromatic N) is 3. The fraction of sp³-hybridized carbons (Fsp3) is 0.250. The van der Waals surface area contributed by atoms with E-state index < -0.39 is 0 Å². The minimum absolute atomic E-state index is 0.0533. The summed E-state index contributed by atoms with van der Waals surface area (Å²) in [6.45, 7) is 5.36. The van der Waals surface area contributed by atoms with Crippen LogP contribution in [0.25, 0.3) is 5.57 Å². The van der Waals surface area contributed by atoms with Crippen LogP contribution in [0.2, 0.25) is 0 Å². The molecule has 0 saturated carbocycles. The molecule has 6 heteroatoms. The summed E-state index contributed by atoms with van der Waals surface area (Å²) in [6, 6.07) is 21.2. The highest BCUT2D eigenvalue weighted by Crippen LogP contribution is 2.35. The third-order valence-electron chi connectivity index (χ3n) is 6.15. The van der Waals surface area contributed by atoms with Crippen molar-refractivity contribution in [3.05, 3.63) is 101 Å². The zero-order valence-electron chi connectivity index (χ0n) is 19.4. The highest BCUT2D eigenvalue weighted by molar-refractivity contribution is 6.35. The zero-order chi connectivity index (χ0) is 23.7. The monoisotopic (exact) mass is 453 g/mol. The molecule has 0 radical (unpaired) electrons. The molecule has 0 unspecified atom stereocenters. The molecular weight excluding hydrogens is 426 g/mol. The van der Waals surface area contributed by atoms with E-state index in [-0.39, 0.29) is 24.5 Å². The number of fused-ring (bicyclic) bond motifs is 1. The van der Waals surface area contributed by atoms with Crippen LogP contribution in [0.15, 0.2) is 78.6 Å². The Labute approximate surface area is 199 Å². The first kappa shape index (κ1) is 21.9. The van der Waals surface area contributed by atoms with E-state index in [1.54, 1.807) is 6.20 Å². The zero-order valence-corrected chi connectivity index (χ0v) is 19.4. The number of imide groups is 1. The fourth-order valence-corrected chi connectivity index (χ4v) is 4.57. The standard InChI is InChI=1S/C28H27N3O3/c1-19(2)34-24-12-10-21(11-13-24)25-26(30-16-14-20-7-3-4-8-22(20)17-30)28(33)31(27(25)32)18-23-9-5-6-15-29-23/h3-13,15,19H,14,16-18H2,1-2H3. The van der Waals surface area contributed by atoms with Gasteiger partial charge in [-0.05, 0) is 61.2 Å². The molecule has 0 N–H and O–H groups in total. The Morgan fingerprint density at radius 1 is 0.912 bits per heavy atom. The Balaban J connectivity index is 1.53. The number of hydrogen-bond donors (Lipinski definition) is 0. The minimum Gasteiger partial charge on any atom is -0.491 e. The van der Waals surface area contributed by atoms with Gasteiger partial charge in [-0.15, -0.1) is 0 Å². The summed E-state index contributed by atoms with van der Waals surface area (Å²) in [5.74, 6) is 0.171. The first-order valence-corrected chi connectivity index (χ1v) is 11.6. The summed E-state index contributed by atoms with van der Waals surface area (Å²) in [5, 5.41) is 0. The van der Waals surface area contributed by atoms with Gasteiger partial charge in [-0.25, -0.2) is 0 Å². The molecule has 0 aliphatic carbocycles. The van der Waals surface area contributed by atoms with Crippen LogP contribution in [-0.2, 0) is 29.1 Å². The summed E-state index contributed by atoms with van der Waals surface area (Å²) in [6.07, 6.45) is 2.55. The molecule has 0 atom stereocenters. The van der Waals surface area contributed by atoms with E-state index in [0.29, 0.717) is 35.6 Å². The molecule has 2 aliphatic heterocycles. The Hall–Kier alpha value is -3.93. The average molecular weight is 454 g/mol. The van der Waals surface area contributed by atoms with Crippen LogP contribution in [-0.4, -0.2) is 39.2 Å². The summed E-state index contributed by atoms with van der Waals surface area (Å²) in [5.41, 5.74) is 4.77. The van der Waals surface area contributed by atoms with Crippen LogP contribution in [0.5, 0.6) is 5.75 Å². The van der Waals surface area contributed by atoms with Gasteiger partial charge in [-0.1, -0.05) is 42.5 Å². The summed E-state index contributed by atoms with van der Waals surface area (Å²) >= 11 is 0. The maximum absolute atomic E-state index is 13.7. The largest absolute Gasteiger partial charge is 0.491 e. The third-order valence-corrected chi connectivity index (χ3v) is 6.15. The number of pyridine rings is 1. The van der Waals surface area contributed by atoms with Gasteiger partial charge in [0, 0.05) is 19.3 Å². The van der Waals surface area contributed by atoms with Crippen molar-refractivity contribution in [2.75, 3.05) is 6.54 Å². The molecule has 2 aromatic carbocycles. The lowest BCUT2D eigenvalue weighted by Crippen LogP contribution is -2.37. The van der Waals surface area contributed by atoms with Gasteiger partial charge in [-0.3, -0.25) is 19.5 Å². The molecule has 2 amide bonds. The number of rotatable bonds is 6. The number of aromatic nitrogens is 1. The van der Waals surface area contributed by atoms with Crippen molar-refractivity contribution in [1.82, 2.24) is 14.8 Å². The quantitative estimate of drug-likeness (QED) is 0.524. The number of ether oxygens (including phenoxy) is 1. The maximum atomic E-state index is 13.7. The van der Waals surface area contributed by atoms with Crippen molar-refractivity contribution < 1.29 is 14.3 Å². The lowest BCUT2D eigenvalue weighted by Gasteiger charge is -2.31. The molecule has 3 aromatic rings. The predicted molar refractivity (Wildman–Crippen MR) is 129 cm³/mol. The van der Waals surface area contributed by atoms with Gasteiger partial charge >= 0.3 is 0 Å². The van der Waals surface area contributed by atoms with Crippen LogP contribution in [0, 0.1) is 0 Å². The Bertz CT molecular complexity index is 1250. The van der Waals surface area contributed by atoms with Crippen LogP contribution in [0.3, 0.4) is 0 Å². The molecule has 3 heterocycles. The Morgan fingerprint density at radius 3 is 2.35 bits per heavy atom. The van der Waals surface area contributed by atoms with E-state index in [1.165, 1.54) is 16.0 Å². The molecule has 0 fully saturated rings. The number of hydrogen-bond acceptors (Lipinski definition) is 5. The molecule has 34 heavy (non-hydrogen) atoms. The molecule has 172 valence electrons. The van der Waals surface area contributed by atoms with Gasteiger partial charge in [0.05, 0.1) is 23.9 Å². The second-order valence-corrected chi connectivity index (χ2v) is 8.87. The number of carbonyl (C=O) groups excluding carboxylic acids is 2. The van der Waals surface area contributed by atoms with E-state index in [1.807, 2.05) is 68.4 Å². The molecule has 0 bridgehead atoms. The van der Waals surface area contributed by atoms with Crippen molar-refractivity contribution in [3.8, 4) is 5.75 Å². The van der Waals surface area contributed by atoms with E-state index in [2.05, 4.69) is 22.0 Å². The molecule has 6 nitrogen and oxygen atoms in total. The number of amides is 2. The Morgan fingerprint density at radius 2 is 1.65 bits per heavy atom. The fourth-order valence-electron chi connectivity index (χ4n) is 4.57. The molecule has 5 rings (SSSR count). The van der Waals surface area contributed by atoms with Gasteiger partial charge in [0.1, 0.15) is 11.4 Å². The molecular formula is C28H27N3O3. The van der Waals surface area contributed by atoms with Crippen molar-refractivity contribution in [2.45, 2.75) is 39.5 Å². The first-order chi connectivity index (χ1) is 16.5. The molecule has 2 aliphatic rings. The van der Waals surface area contributed by atoms with Gasteiger partial charge in [-0.2, -0.15) is 0 Å². The van der Waals surface area contributed by atoms with Gasteiger partial charge in [0.25, 0.3) is 11.8 Å². The number of benzene rings is 2. The second-order valence-electron chi connectivity index (χ2n) is 8.87. The van der Waals surface area contributed by atoms with Crippen LogP contribution < -0.4 is 4.74 Å². The van der Waals surface area contributed by atoms with E-state index >= 15 is 0 Å². The second kappa shape index (κ2) is 9.14. The van der Waals surface area contributed by atoms with Gasteiger partial charge in [0.2, 0.25) is 0 Å². The topological polar surface area (TPSA) is 62.7 Å². The molecule has 0 saturated heterocycles. The molecule has 1 aromatic heterocycles. The van der Waals surface area contributed by atoms with Crippen LogP contribution >= 0.6 is 0 Å². The minimum atomic E-state index is -0.290. The van der Waals surface area contributed by atoms with E-state index in [4.69, 9.17) is 4.74 Å². The van der Waals surface area contributed by atoms with Crippen molar-refractivity contribution in [2.24, 2.45) is 0 Å². The predicted octanol–water partition coefficient (Wildman–Crippen LogP) is 4.21. The van der Waals surface area contributed by atoms with Gasteiger partial charge in [0.15, 0.2) is 0 Å². The van der Waals surface area contributed by atoms with E-state index in [9.17, 15) is 9.59 Å². The maximum Gasteiger partial charge on any atom is 0.278 e. The first-order valence-electron chi connectivity index (χ1n) is 11.6. The highest BCUT2D eigenvalue weighted by atomic mass is 16.5. The van der Waals surface area contributed by atoms with Crippen molar-refractivity contribution in [3.63, 3.8) is 0 Å². The smallest absolute Gasteiger partial charge is 0.278 e. The molecule has 0 spiro atoms. The number of carbonyl (C=O) groups is 2.